The van der Waals surface area contributed by atoms with E-state index in [1.165, 1.54) is 6.92 Å². The number of carboxylic acid groups (broad SMARTS) is 1. The Labute approximate surface area is 91.2 Å². The first-order valence-corrected chi connectivity index (χ1v) is 7.82. The summed E-state index contributed by atoms with van der Waals surface area (Å²) in [6, 6.07) is 0. The molecule has 5 nitrogen and oxygen atoms in total. The zero-order valence-electron chi connectivity index (χ0n) is 8.38. The van der Waals surface area contributed by atoms with Crippen LogP contribution in [0.2, 0.25) is 0 Å². The monoisotopic (exact) mass is 254 g/mol. The van der Waals surface area contributed by atoms with Crippen molar-refractivity contribution in [2.75, 3.05) is 17.3 Å². The molecule has 0 amide bonds. The molecule has 0 spiro atoms. The highest BCUT2D eigenvalue weighted by molar-refractivity contribution is 7.94. The number of rotatable bonds is 4. The lowest BCUT2D eigenvalue weighted by Crippen LogP contribution is -2.25. The van der Waals surface area contributed by atoms with Gasteiger partial charge in [-0.1, -0.05) is 6.92 Å². The van der Waals surface area contributed by atoms with Crippen LogP contribution in [0.3, 0.4) is 0 Å². The van der Waals surface area contributed by atoms with Crippen LogP contribution in [0.15, 0.2) is 0 Å². The van der Waals surface area contributed by atoms with E-state index < -0.39 is 32.5 Å². The first-order chi connectivity index (χ1) is 6.82. The zero-order valence-corrected chi connectivity index (χ0v) is 10.0. The van der Waals surface area contributed by atoms with E-state index in [0.717, 1.165) is 0 Å². The molecule has 1 saturated heterocycles. The van der Waals surface area contributed by atoms with Crippen LogP contribution in [-0.2, 0) is 25.4 Å². The van der Waals surface area contributed by atoms with E-state index in [-0.39, 0.29) is 22.5 Å². The maximum Gasteiger partial charge on any atom is 0.307 e. The van der Waals surface area contributed by atoms with Gasteiger partial charge in [0.1, 0.15) is 0 Å². The summed E-state index contributed by atoms with van der Waals surface area (Å²) < 4.78 is 33.9. The molecule has 0 aromatic heterocycles. The molecule has 88 valence electrons. The quantitative estimate of drug-likeness (QED) is 0.740. The highest BCUT2D eigenvalue weighted by atomic mass is 32.2. The van der Waals surface area contributed by atoms with Gasteiger partial charge in [0.05, 0.1) is 17.4 Å². The Morgan fingerprint density at radius 2 is 2.20 bits per heavy atom. The number of sulfone groups is 1. The predicted octanol–water partition coefficient (Wildman–Crippen LogP) is -0.357. The van der Waals surface area contributed by atoms with Crippen molar-refractivity contribution in [3.05, 3.63) is 0 Å². The number of carbonyl (C=O) groups is 1. The van der Waals surface area contributed by atoms with Crippen molar-refractivity contribution in [2.45, 2.75) is 18.6 Å². The number of hydrogen-bond donors (Lipinski definition) is 1. The maximum absolute atomic E-state index is 11.6. The molecule has 1 N–H and O–H groups in total. The highest BCUT2D eigenvalue weighted by Crippen LogP contribution is 2.18. The second-order valence-electron chi connectivity index (χ2n) is 3.81. The molecule has 0 aliphatic carbocycles. The van der Waals surface area contributed by atoms with Crippen molar-refractivity contribution in [3.8, 4) is 0 Å². The summed E-state index contributed by atoms with van der Waals surface area (Å²) in [6.45, 7) is 1.48. The fourth-order valence-electron chi connectivity index (χ4n) is 1.42. The summed E-state index contributed by atoms with van der Waals surface area (Å²) in [5.41, 5.74) is 0. The third kappa shape index (κ3) is 3.57. The number of carboxylic acids is 1. The number of aliphatic carboxylic acids is 1. The van der Waals surface area contributed by atoms with Gasteiger partial charge in [0, 0.05) is 21.8 Å². The second-order valence-corrected chi connectivity index (χ2v) is 7.80. The summed E-state index contributed by atoms with van der Waals surface area (Å²) in [5.74, 6) is -1.63. The SMILES string of the molecule is CC(CS(=O)C1CCS(=O)(=O)C1)C(=O)O. The first kappa shape index (κ1) is 12.6. The molecule has 7 heteroatoms. The fraction of sp³-hybridized carbons (Fsp3) is 0.875. The van der Waals surface area contributed by atoms with E-state index in [1.807, 2.05) is 0 Å². The summed E-state index contributed by atoms with van der Waals surface area (Å²) in [7, 11) is -4.39. The molecule has 0 aromatic carbocycles. The third-order valence-corrected chi connectivity index (χ3v) is 6.35. The van der Waals surface area contributed by atoms with Crippen LogP contribution in [0.25, 0.3) is 0 Å². The van der Waals surface area contributed by atoms with E-state index in [2.05, 4.69) is 0 Å². The van der Waals surface area contributed by atoms with Gasteiger partial charge in [-0.25, -0.2) is 8.42 Å². The van der Waals surface area contributed by atoms with Gasteiger partial charge in [-0.15, -0.1) is 0 Å². The van der Waals surface area contributed by atoms with Crippen molar-refractivity contribution in [3.63, 3.8) is 0 Å². The van der Waals surface area contributed by atoms with Crippen LogP contribution in [0, 0.1) is 5.92 Å². The first-order valence-electron chi connectivity index (χ1n) is 4.62. The molecular formula is C8H14O5S2. The van der Waals surface area contributed by atoms with Gasteiger partial charge in [-0.2, -0.15) is 0 Å². The van der Waals surface area contributed by atoms with E-state index in [9.17, 15) is 17.4 Å². The fourth-order valence-corrected chi connectivity index (χ4v) is 5.63. The van der Waals surface area contributed by atoms with Gasteiger partial charge >= 0.3 is 5.97 Å². The van der Waals surface area contributed by atoms with Gasteiger partial charge in [0.15, 0.2) is 9.84 Å². The lowest BCUT2D eigenvalue weighted by Gasteiger charge is -2.10. The highest BCUT2D eigenvalue weighted by Gasteiger charge is 2.33. The Balaban J connectivity index is 2.53. The molecule has 1 aliphatic heterocycles. The smallest absolute Gasteiger partial charge is 0.307 e. The minimum Gasteiger partial charge on any atom is -0.481 e. The van der Waals surface area contributed by atoms with Gasteiger partial charge in [-0.3, -0.25) is 9.00 Å². The molecular weight excluding hydrogens is 240 g/mol. The number of hydrogen-bond acceptors (Lipinski definition) is 4. The summed E-state index contributed by atoms with van der Waals surface area (Å²) in [4.78, 5) is 10.5. The van der Waals surface area contributed by atoms with Crippen molar-refractivity contribution in [2.24, 2.45) is 5.92 Å². The minimum atomic E-state index is -3.04. The van der Waals surface area contributed by atoms with Crippen LogP contribution < -0.4 is 0 Å². The molecule has 1 heterocycles. The minimum absolute atomic E-state index is 0.0372. The largest absolute Gasteiger partial charge is 0.481 e. The third-order valence-electron chi connectivity index (χ3n) is 2.40. The molecule has 1 fully saturated rings. The average molecular weight is 254 g/mol. The van der Waals surface area contributed by atoms with Crippen molar-refractivity contribution in [1.29, 1.82) is 0 Å². The summed E-state index contributed by atoms with van der Waals surface area (Å²) in [6.07, 6.45) is 0.390. The predicted molar refractivity (Wildman–Crippen MR) is 56.9 cm³/mol. The second kappa shape index (κ2) is 4.61. The van der Waals surface area contributed by atoms with E-state index in [1.54, 1.807) is 0 Å². The van der Waals surface area contributed by atoms with Crippen molar-refractivity contribution < 1.29 is 22.5 Å². The Kier molecular flexibility index (Phi) is 3.88. The zero-order chi connectivity index (χ0) is 11.6. The molecule has 0 saturated carbocycles. The van der Waals surface area contributed by atoms with E-state index in [0.29, 0.717) is 6.42 Å². The van der Waals surface area contributed by atoms with Crippen LogP contribution in [-0.4, -0.2) is 46.2 Å². The molecule has 1 aliphatic rings. The normalized spacial score (nSPS) is 28.5. The molecule has 15 heavy (non-hydrogen) atoms. The topological polar surface area (TPSA) is 88.5 Å². The summed E-state index contributed by atoms with van der Waals surface area (Å²) >= 11 is 0. The Bertz CT molecular complexity index is 372. The van der Waals surface area contributed by atoms with E-state index >= 15 is 0 Å². The Morgan fingerprint density at radius 1 is 1.60 bits per heavy atom. The van der Waals surface area contributed by atoms with E-state index in [4.69, 9.17) is 5.11 Å². The molecule has 0 radical (unpaired) electrons. The Morgan fingerprint density at radius 3 is 2.60 bits per heavy atom. The van der Waals surface area contributed by atoms with Crippen LogP contribution in [0.5, 0.6) is 0 Å². The maximum atomic E-state index is 11.6. The van der Waals surface area contributed by atoms with Crippen molar-refractivity contribution >= 4 is 26.6 Å². The van der Waals surface area contributed by atoms with Gasteiger partial charge < -0.3 is 5.11 Å². The lowest BCUT2D eigenvalue weighted by atomic mass is 10.2. The van der Waals surface area contributed by atoms with Crippen LogP contribution in [0.1, 0.15) is 13.3 Å². The standard InChI is InChI=1S/C8H14O5S2/c1-6(8(9)10)4-14(11)7-2-3-15(12,13)5-7/h6-7H,2-5H2,1H3,(H,9,10). The molecule has 0 aromatic rings. The van der Waals surface area contributed by atoms with Gasteiger partial charge in [0.2, 0.25) is 0 Å². The lowest BCUT2D eigenvalue weighted by molar-refractivity contribution is -0.140. The average Bonchev–Trinajstić information content (AvgIpc) is 2.45. The molecule has 1 rings (SSSR count). The van der Waals surface area contributed by atoms with Gasteiger partial charge in [-0.05, 0) is 6.42 Å². The molecule has 3 atom stereocenters. The van der Waals surface area contributed by atoms with Crippen LogP contribution >= 0.6 is 0 Å². The van der Waals surface area contributed by atoms with Crippen LogP contribution in [0.4, 0.5) is 0 Å². The summed E-state index contributed by atoms with van der Waals surface area (Å²) in [5, 5.41) is 8.25. The van der Waals surface area contributed by atoms with Crippen molar-refractivity contribution in [1.82, 2.24) is 0 Å². The molecule has 0 bridgehead atoms. The Hall–Kier alpha value is -0.430. The van der Waals surface area contributed by atoms with Gasteiger partial charge in [0.25, 0.3) is 0 Å². The molecule has 3 unspecified atom stereocenters.